The Labute approximate surface area is 118 Å². The highest BCUT2D eigenvalue weighted by atomic mass is 35.5. The van der Waals surface area contributed by atoms with Crippen molar-refractivity contribution in [3.05, 3.63) is 58.4 Å². The molecule has 19 heavy (non-hydrogen) atoms. The average molecular weight is 298 g/mol. The second-order valence-electron chi connectivity index (χ2n) is 4.20. The van der Waals surface area contributed by atoms with E-state index in [2.05, 4.69) is 0 Å². The maximum absolute atomic E-state index is 13.2. The van der Waals surface area contributed by atoms with E-state index in [0.29, 0.717) is 21.2 Å². The molecule has 0 amide bonds. The molecular formula is C14H13ClFNOS. The van der Waals surface area contributed by atoms with Crippen LogP contribution in [0, 0.1) is 12.7 Å². The molecule has 0 aromatic heterocycles. The summed E-state index contributed by atoms with van der Waals surface area (Å²) < 4.78 is 25.5. The predicted octanol–water partition coefficient (Wildman–Crippen LogP) is 3.68. The molecule has 0 aliphatic carbocycles. The summed E-state index contributed by atoms with van der Waals surface area (Å²) >= 11 is 5.97. The lowest BCUT2D eigenvalue weighted by Gasteiger charge is -2.09. The second kappa shape index (κ2) is 5.72. The van der Waals surface area contributed by atoms with Crippen molar-refractivity contribution in [1.29, 1.82) is 0 Å². The average Bonchev–Trinajstić information content (AvgIpc) is 2.37. The van der Waals surface area contributed by atoms with Crippen molar-refractivity contribution in [2.45, 2.75) is 17.6 Å². The van der Waals surface area contributed by atoms with Crippen molar-refractivity contribution in [2.24, 2.45) is 0 Å². The fourth-order valence-corrected chi connectivity index (χ4v) is 3.38. The molecule has 0 radical (unpaired) electrons. The normalized spacial score (nSPS) is 12.4. The molecule has 1 atom stereocenters. The fraction of sp³-hybridized carbons (Fsp3) is 0.143. The molecule has 0 fully saturated rings. The number of anilines is 1. The van der Waals surface area contributed by atoms with Crippen LogP contribution in [0.3, 0.4) is 0 Å². The van der Waals surface area contributed by atoms with Crippen LogP contribution < -0.4 is 5.73 Å². The van der Waals surface area contributed by atoms with E-state index in [1.54, 1.807) is 18.2 Å². The van der Waals surface area contributed by atoms with Crippen molar-refractivity contribution in [3.63, 3.8) is 0 Å². The van der Waals surface area contributed by atoms with Crippen LogP contribution in [0.15, 0.2) is 41.3 Å². The Morgan fingerprint density at radius 2 is 2.05 bits per heavy atom. The summed E-state index contributed by atoms with van der Waals surface area (Å²) in [4.78, 5) is 0.653. The molecule has 5 heteroatoms. The Hall–Kier alpha value is -1.39. The zero-order valence-corrected chi connectivity index (χ0v) is 11.9. The number of rotatable bonds is 3. The Morgan fingerprint density at radius 3 is 2.79 bits per heavy atom. The van der Waals surface area contributed by atoms with Crippen molar-refractivity contribution in [2.75, 3.05) is 5.73 Å². The number of hydrogen-bond acceptors (Lipinski definition) is 2. The maximum atomic E-state index is 13.2. The molecule has 0 bridgehead atoms. The molecule has 2 nitrogen and oxygen atoms in total. The van der Waals surface area contributed by atoms with E-state index < -0.39 is 10.8 Å². The third kappa shape index (κ3) is 3.14. The zero-order chi connectivity index (χ0) is 14.0. The third-order valence-corrected chi connectivity index (χ3v) is 4.74. The minimum absolute atomic E-state index is 0.168. The van der Waals surface area contributed by atoms with Crippen molar-refractivity contribution < 1.29 is 8.60 Å². The number of benzene rings is 2. The predicted molar refractivity (Wildman–Crippen MR) is 77.1 cm³/mol. The number of halogens is 2. The van der Waals surface area contributed by atoms with Crippen molar-refractivity contribution in [3.8, 4) is 0 Å². The van der Waals surface area contributed by atoms with Crippen molar-refractivity contribution in [1.82, 2.24) is 0 Å². The highest BCUT2D eigenvalue weighted by molar-refractivity contribution is 7.84. The monoisotopic (exact) mass is 297 g/mol. The quantitative estimate of drug-likeness (QED) is 0.878. The summed E-state index contributed by atoms with van der Waals surface area (Å²) in [6, 6.07) is 9.32. The molecular weight excluding hydrogens is 285 g/mol. The first-order valence-electron chi connectivity index (χ1n) is 5.66. The summed E-state index contributed by atoms with van der Waals surface area (Å²) in [5.74, 6) is -0.221. The van der Waals surface area contributed by atoms with Crippen LogP contribution in [0.5, 0.6) is 0 Å². The van der Waals surface area contributed by atoms with Crippen LogP contribution in [0.25, 0.3) is 0 Å². The molecule has 0 aliphatic rings. The largest absolute Gasteiger partial charge is 0.398 e. The van der Waals surface area contributed by atoms with Crippen LogP contribution in [0.2, 0.25) is 5.02 Å². The lowest BCUT2D eigenvalue weighted by molar-refractivity contribution is 0.626. The van der Waals surface area contributed by atoms with Gasteiger partial charge < -0.3 is 5.73 Å². The van der Waals surface area contributed by atoms with Gasteiger partial charge in [-0.15, -0.1) is 0 Å². The standard InChI is InChI=1S/C14H13ClFNOS/c1-9-13(17)3-2-4-14(9)19(18)8-10-7-11(16)5-6-12(10)15/h2-7H,8,17H2,1H3. The molecule has 0 heterocycles. The number of hydrogen-bond donors (Lipinski definition) is 1. The summed E-state index contributed by atoms with van der Waals surface area (Å²) in [5.41, 5.74) is 7.69. The van der Waals surface area contributed by atoms with Crippen LogP contribution in [-0.4, -0.2) is 4.21 Å². The number of nitrogen functional groups attached to an aromatic ring is 1. The minimum atomic E-state index is -1.31. The minimum Gasteiger partial charge on any atom is -0.398 e. The van der Waals surface area contributed by atoms with Gasteiger partial charge in [0.1, 0.15) is 5.82 Å². The van der Waals surface area contributed by atoms with Gasteiger partial charge in [0.2, 0.25) is 0 Å². The lowest BCUT2D eigenvalue weighted by atomic mass is 10.2. The van der Waals surface area contributed by atoms with E-state index in [1.807, 2.05) is 6.92 Å². The lowest BCUT2D eigenvalue weighted by Crippen LogP contribution is -2.02. The summed E-state index contributed by atoms with van der Waals surface area (Å²) in [5, 5.41) is 0.413. The maximum Gasteiger partial charge on any atom is 0.123 e. The van der Waals surface area contributed by atoms with Gasteiger partial charge in [-0.2, -0.15) is 0 Å². The van der Waals surface area contributed by atoms with E-state index in [1.165, 1.54) is 18.2 Å². The third-order valence-electron chi connectivity index (χ3n) is 2.87. The van der Waals surface area contributed by atoms with E-state index >= 15 is 0 Å². The molecule has 100 valence electrons. The fourth-order valence-electron chi connectivity index (χ4n) is 1.75. The van der Waals surface area contributed by atoms with Gasteiger partial charge >= 0.3 is 0 Å². The van der Waals surface area contributed by atoms with Crippen LogP contribution in [0.1, 0.15) is 11.1 Å². The second-order valence-corrected chi connectivity index (χ2v) is 6.02. The van der Waals surface area contributed by atoms with Gasteiger partial charge in [-0.3, -0.25) is 4.21 Å². The van der Waals surface area contributed by atoms with Gasteiger partial charge in [0.05, 0.1) is 16.6 Å². The van der Waals surface area contributed by atoms with Gasteiger partial charge in [-0.05, 0) is 48.4 Å². The van der Waals surface area contributed by atoms with Gasteiger partial charge in [0, 0.05) is 15.6 Å². The smallest absolute Gasteiger partial charge is 0.123 e. The molecule has 2 aromatic rings. The molecule has 0 spiro atoms. The molecule has 2 rings (SSSR count). The van der Waals surface area contributed by atoms with E-state index in [0.717, 1.165) is 5.56 Å². The van der Waals surface area contributed by atoms with Crippen LogP contribution in [0.4, 0.5) is 10.1 Å². The van der Waals surface area contributed by atoms with Gasteiger partial charge in [-0.1, -0.05) is 17.7 Å². The molecule has 0 saturated carbocycles. The van der Waals surface area contributed by atoms with Gasteiger partial charge in [0.25, 0.3) is 0 Å². The van der Waals surface area contributed by atoms with Crippen molar-refractivity contribution >= 4 is 28.1 Å². The Kier molecular flexibility index (Phi) is 4.22. The Morgan fingerprint density at radius 1 is 1.32 bits per heavy atom. The summed E-state index contributed by atoms with van der Waals surface area (Å²) in [6.07, 6.45) is 0. The molecule has 0 aliphatic heterocycles. The molecule has 1 unspecified atom stereocenters. The first-order chi connectivity index (χ1) is 8.99. The van der Waals surface area contributed by atoms with Crippen LogP contribution >= 0.6 is 11.6 Å². The van der Waals surface area contributed by atoms with E-state index in [9.17, 15) is 8.60 Å². The van der Waals surface area contributed by atoms with Gasteiger partial charge in [-0.25, -0.2) is 4.39 Å². The highest BCUT2D eigenvalue weighted by Gasteiger charge is 2.12. The highest BCUT2D eigenvalue weighted by Crippen LogP contribution is 2.24. The Balaban J connectivity index is 2.31. The SMILES string of the molecule is Cc1c(N)cccc1S(=O)Cc1cc(F)ccc1Cl. The zero-order valence-electron chi connectivity index (χ0n) is 10.3. The van der Waals surface area contributed by atoms with E-state index in [-0.39, 0.29) is 11.6 Å². The first-order valence-corrected chi connectivity index (χ1v) is 7.36. The molecule has 2 N–H and O–H groups in total. The Bertz CT molecular complexity index is 645. The van der Waals surface area contributed by atoms with Crippen LogP contribution in [-0.2, 0) is 16.6 Å². The molecule has 2 aromatic carbocycles. The summed E-state index contributed by atoms with van der Waals surface area (Å²) in [6.45, 7) is 1.82. The van der Waals surface area contributed by atoms with Gasteiger partial charge in [0.15, 0.2) is 0 Å². The topological polar surface area (TPSA) is 43.1 Å². The van der Waals surface area contributed by atoms with E-state index in [4.69, 9.17) is 17.3 Å². The molecule has 0 saturated heterocycles. The number of nitrogens with two attached hydrogens (primary N) is 1. The summed E-state index contributed by atoms with van der Waals surface area (Å²) in [7, 11) is -1.31. The first kappa shape index (κ1) is 14.0.